The summed E-state index contributed by atoms with van der Waals surface area (Å²) in [5, 5.41) is 10.8. The number of furan rings is 2. The average molecular weight is 1360 g/mol. The number of nitrogens with zero attached hydrogens (tertiary/aromatic N) is 5. The van der Waals surface area contributed by atoms with Gasteiger partial charge in [-0.25, -0.2) is 29.0 Å². The highest BCUT2D eigenvalue weighted by Crippen LogP contribution is 2.37. The number of methoxy groups -OCH3 is 5. The number of aromatic amines is 3. The van der Waals surface area contributed by atoms with Gasteiger partial charge in [-0.3, -0.25) is 20.0 Å². The smallest absolute Gasteiger partial charge is 0.376 e. The van der Waals surface area contributed by atoms with E-state index in [2.05, 4.69) is 114 Å². The number of nitrogens with one attached hydrogen (secondary N) is 3. The van der Waals surface area contributed by atoms with E-state index in [0.717, 1.165) is 48.0 Å². The molecule has 5 aromatic carbocycles. The van der Waals surface area contributed by atoms with Crippen molar-refractivity contribution in [1.82, 2.24) is 15.0 Å². The Kier molecular flexibility index (Phi) is 26.5. The molecular formula is C62H51BrN8O13S5. The number of para-hydroxylation sites is 3. The van der Waals surface area contributed by atoms with Gasteiger partial charge in [0.1, 0.15) is 51.0 Å². The first-order chi connectivity index (χ1) is 43.2. The quantitative estimate of drug-likeness (QED) is 0.0331. The molecule has 0 bridgehead atoms. The molecule has 0 saturated carbocycles. The van der Waals surface area contributed by atoms with E-state index >= 15 is 0 Å². The number of carbonyl (C=O) groups excluding carboxylic acids is 5. The van der Waals surface area contributed by atoms with Crippen LogP contribution in [-0.2, 0) is 23.7 Å². The second kappa shape index (κ2) is 34.5. The molecule has 0 aliphatic carbocycles. The molecule has 10 rings (SSSR count). The van der Waals surface area contributed by atoms with E-state index in [-0.39, 0.29) is 17.5 Å². The highest BCUT2D eigenvalue weighted by atomic mass is 79.9. The number of ether oxygens (including phenoxy) is 6. The molecule has 0 unspecified atom stereocenters. The van der Waals surface area contributed by atoms with Crippen LogP contribution >= 0.6 is 77.0 Å². The highest BCUT2D eigenvalue weighted by molar-refractivity contribution is 9.10. The molecule has 0 spiro atoms. The number of esters is 5. The molecule has 27 heteroatoms. The number of aromatic nitrogens is 3. The lowest BCUT2D eigenvalue weighted by Crippen LogP contribution is -2.04. The summed E-state index contributed by atoms with van der Waals surface area (Å²) in [4.78, 5) is 88.2. The van der Waals surface area contributed by atoms with Crippen LogP contribution in [0.25, 0.3) is 54.6 Å². The van der Waals surface area contributed by atoms with E-state index in [9.17, 15) is 24.0 Å². The third-order valence-corrected chi connectivity index (χ3v) is 13.0. The number of carbonyl (C=O) groups is 5. The topological polar surface area (TPSA) is 276 Å². The Balaban J connectivity index is 0.000000177. The molecule has 0 aliphatic rings. The van der Waals surface area contributed by atoms with Crippen molar-refractivity contribution in [2.24, 2.45) is 25.0 Å². The number of fused-ring (bicyclic) bond motifs is 5. The third-order valence-electron chi connectivity index (χ3n) is 11.9. The monoisotopic (exact) mass is 1350 g/mol. The fraction of sp³-hybridized carbons (Fsp3) is 0.113. The summed E-state index contributed by atoms with van der Waals surface area (Å²) in [7, 11) is 6.82. The number of H-pyrrole nitrogens is 3. The molecule has 0 fully saturated rings. The zero-order valence-electron chi connectivity index (χ0n) is 47.8. The first-order valence-electron chi connectivity index (χ1n) is 25.8. The minimum atomic E-state index is -0.571. The molecule has 0 aliphatic heterocycles. The van der Waals surface area contributed by atoms with Gasteiger partial charge in [0, 0.05) is 106 Å². The van der Waals surface area contributed by atoms with Gasteiger partial charge in [0.25, 0.3) is 0 Å². The van der Waals surface area contributed by atoms with Gasteiger partial charge < -0.3 is 52.2 Å². The molecule has 10 aromatic rings. The molecule has 5 heterocycles. The largest absolute Gasteiger partial charge is 0.497 e. The Morgan fingerprint density at radius 3 is 1.42 bits per heavy atom. The van der Waals surface area contributed by atoms with Crippen molar-refractivity contribution in [3.63, 3.8) is 0 Å². The van der Waals surface area contributed by atoms with Crippen LogP contribution in [0, 0.1) is 0 Å². The van der Waals surface area contributed by atoms with Crippen molar-refractivity contribution in [2.75, 3.05) is 42.2 Å². The van der Waals surface area contributed by atoms with E-state index in [0.29, 0.717) is 69.0 Å². The van der Waals surface area contributed by atoms with Crippen molar-refractivity contribution in [2.45, 2.75) is 6.92 Å². The first kappa shape index (κ1) is 68.3. The second-order valence-electron chi connectivity index (χ2n) is 17.0. The summed E-state index contributed by atoms with van der Waals surface area (Å²) in [5.41, 5.74) is 6.57. The van der Waals surface area contributed by atoms with Gasteiger partial charge in [0.15, 0.2) is 11.4 Å². The molecule has 0 radical (unpaired) electrons. The van der Waals surface area contributed by atoms with Crippen LogP contribution in [0.5, 0.6) is 5.75 Å². The zero-order valence-corrected chi connectivity index (χ0v) is 53.5. The summed E-state index contributed by atoms with van der Waals surface area (Å²) in [5.74, 6) is -1.13. The van der Waals surface area contributed by atoms with E-state index in [1.165, 1.54) is 86.3 Å². The third kappa shape index (κ3) is 17.3. The molecule has 89 heavy (non-hydrogen) atoms. The number of thiocarbonyl (C=S) groups is 5. The van der Waals surface area contributed by atoms with Crippen molar-refractivity contribution in [1.29, 1.82) is 0 Å². The lowest BCUT2D eigenvalue weighted by atomic mass is 10.1. The maximum Gasteiger partial charge on any atom is 0.376 e. The van der Waals surface area contributed by atoms with Crippen LogP contribution in [0.15, 0.2) is 147 Å². The Bertz CT molecular complexity index is 4310. The van der Waals surface area contributed by atoms with E-state index in [1.54, 1.807) is 38.3 Å². The first-order valence-corrected chi connectivity index (χ1v) is 28.9. The molecule has 3 N–H and O–H groups in total. The number of hydrogen-bond donors (Lipinski definition) is 3. The predicted molar refractivity (Wildman–Crippen MR) is 372 cm³/mol. The maximum atomic E-state index is 12.0. The van der Waals surface area contributed by atoms with Gasteiger partial charge in [-0.15, -0.1) is 0 Å². The van der Waals surface area contributed by atoms with E-state index in [4.69, 9.17) is 40.0 Å². The van der Waals surface area contributed by atoms with Crippen LogP contribution in [0.3, 0.4) is 0 Å². The van der Waals surface area contributed by atoms with Crippen molar-refractivity contribution in [3.05, 3.63) is 142 Å². The van der Waals surface area contributed by atoms with Crippen LogP contribution < -0.4 is 4.74 Å². The van der Waals surface area contributed by atoms with Crippen molar-refractivity contribution < 1.29 is 61.2 Å². The van der Waals surface area contributed by atoms with E-state index < -0.39 is 23.9 Å². The normalized spacial score (nSPS) is 10.9. The van der Waals surface area contributed by atoms with Crippen molar-refractivity contribution >= 4 is 248 Å². The molecule has 454 valence electrons. The van der Waals surface area contributed by atoms with Gasteiger partial charge in [0.2, 0.25) is 11.5 Å². The fourth-order valence-electron chi connectivity index (χ4n) is 8.15. The number of aliphatic imine (C=N–C) groups is 5. The summed E-state index contributed by atoms with van der Waals surface area (Å²) >= 11 is 26.8. The van der Waals surface area contributed by atoms with Crippen LogP contribution in [0.1, 0.15) is 59.4 Å². The number of halogens is 1. The second-order valence-corrected chi connectivity index (χ2v) is 19.3. The minimum Gasteiger partial charge on any atom is -0.497 e. The SMILES string of the molecule is CCOC(=O)c1c(N=CC=S)[nH]c2ccccc12.COC(=O)c1[nH]c2ccc(OC)cc2c1N=CC=S.COC(=O)c1[nH]c2ccccc2c1N=CC=S.COC(=O)c1oc2ccc(Br)cc2c1N=CC=S.COC(=O)c1oc2ccccc2c1N=CC=S. The minimum absolute atomic E-state index is 0.0682. The Labute approximate surface area is 542 Å². The molecule has 5 aromatic heterocycles. The Morgan fingerprint density at radius 1 is 0.461 bits per heavy atom. The standard InChI is InChI=1S/C13H12N2O3S.C13H12N2O2S.C12H8BrNO3S.C12H10N2O2S.C12H9NO3S/c1-17-8-3-4-10-9(7-8)11(14-5-6-19)12(15-10)13(16)18-2;1-2-17-13(16)11-9-5-3-4-6-10(9)15-12(11)14-7-8-18;1-16-12(15)11-10(14-4-5-18)8-6-7(13)2-3-9(8)17-11;1-16-12(15)11-10(13-6-7-17)8-4-2-3-5-9(8)14-11;1-15-12(14)11-10(13-6-7-17)8-4-2-3-5-9(8)16-11/h3-7,15H,1-2H3;3-8,15H,2H2,1H3;2-6H,1H3;2-7,14H,1H3;2-7H,1H3. The van der Waals surface area contributed by atoms with Gasteiger partial charge in [0.05, 0.1) is 42.2 Å². The van der Waals surface area contributed by atoms with Gasteiger partial charge in [-0.2, -0.15) is 0 Å². The molecule has 21 nitrogen and oxygen atoms in total. The predicted octanol–water partition coefficient (Wildman–Crippen LogP) is 15.0. The Morgan fingerprint density at radius 2 is 0.899 bits per heavy atom. The van der Waals surface area contributed by atoms with Crippen molar-refractivity contribution in [3.8, 4) is 5.75 Å². The highest BCUT2D eigenvalue weighted by Gasteiger charge is 2.24. The number of rotatable bonds is 17. The van der Waals surface area contributed by atoms with Crippen LogP contribution in [0.2, 0.25) is 0 Å². The fourth-order valence-corrected chi connectivity index (χ4v) is 8.81. The summed E-state index contributed by atoms with van der Waals surface area (Å²) in [6, 6.07) is 33.1. The lowest BCUT2D eigenvalue weighted by molar-refractivity contribution is 0.0525. The molecule has 0 atom stereocenters. The van der Waals surface area contributed by atoms with Crippen LogP contribution in [-0.4, -0.2) is 145 Å². The van der Waals surface area contributed by atoms with Crippen LogP contribution in [0.4, 0.5) is 28.6 Å². The number of benzene rings is 5. The average Bonchev–Trinajstić information content (AvgIpc) is 1.86. The van der Waals surface area contributed by atoms with E-state index in [1.807, 2.05) is 84.9 Å². The van der Waals surface area contributed by atoms with Gasteiger partial charge in [-0.05, 0) is 67.6 Å². The number of hydrogen-bond acceptors (Lipinski definition) is 23. The summed E-state index contributed by atoms with van der Waals surface area (Å²) in [6.45, 7) is 2.10. The summed E-state index contributed by atoms with van der Waals surface area (Å²) < 4.78 is 40.7. The Hall–Kier alpha value is -9.77. The zero-order chi connectivity index (χ0) is 64.4. The lowest BCUT2D eigenvalue weighted by Gasteiger charge is -2.00. The van der Waals surface area contributed by atoms with Gasteiger partial charge >= 0.3 is 29.8 Å². The maximum absolute atomic E-state index is 12.0. The summed E-state index contributed by atoms with van der Waals surface area (Å²) in [6.07, 6.45) is 7.23. The molecule has 0 saturated heterocycles. The molecule has 0 amide bonds. The molecular weight excluding hydrogens is 1300 g/mol. The van der Waals surface area contributed by atoms with Gasteiger partial charge in [-0.1, -0.05) is 126 Å².